The van der Waals surface area contributed by atoms with E-state index in [1.807, 2.05) is 0 Å². The van der Waals surface area contributed by atoms with Crippen LogP contribution in [-0.2, 0) is 0 Å². The Bertz CT molecular complexity index is 240. The zero-order chi connectivity index (χ0) is 7.56. The van der Waals surface area contributed by atoms with Crippen LogP contribution in [0.1, 0.15) is 17.3 Å². The quantitative estimate of drug-likeness (QED) is 0.604. The van der Waals surface area contributed by atoms with Gasteiger partial charge in [-0.3, -0.25) is 4.79 Å². The maximum absolute atomic E-state index is 10.8. The molecule has 3 heteroatoms. The van der Waals surface area contributed by atoms with E-state index in [0.717, 1.165) is 5.82 Å². The highest BCUT2D eigenvalue weighted by Gasteiger charge is 2.04. The standard InChI is InChI=1S/C7H10N2O/c1-5(10)6-3-4-9-7(6)8-2/h3-4,8-9H,1-2H3. The summed E-state index contributed by atoms with van der Waals surface area (Å²) >= 11 is 0. The number of Topliss-reactive ketones (excluding diaryl/α,β-unsaturated/α-hetero) is 1. The molecule has 3 nitrogen and oxygen atoms in total. The summed E-state index contributed by atoms with van der Waals surface area (Å²) in [7, 11) is 1.78. The molecule has 0 radical (unpaired) electrons. The second-order valence-electron chi connectivity index (χ2n) is 2.07. The summed E-state index contributed by atoms with van der Waals surface area (Å²) in [5.41, 5.74) is 0.711. The molecule has 0 aromatic carbocycles. The summed E-state index contributed by atoms with van der Waals surface area (Å²) in [6, 6.07) is 1.76. The van der Waals surface area contributed by atoms with Crippen molar-refractivity contribution in [3.63, 3.8) is 0 Å². The van der Waals surface area contributed by atoms with Gasteiger partial charge in [-0.2, -0.15) is 0 Å². The molecule has 0 spiro atoms. The number of nitrogens with one attached hydrogen (secondary N) is 2. The van der Waals surface area contributed by atoms with Gasteiger partial charge in [0.05, 0.1) is 5.56 Å². The Morgan fingerprint density at radius 1 is 1.70 bits per heavy atom. The van der Waals surface area contributed by atoms with Gasteiger partial charge in [0.1, 0.15) is 5.82 Å². The maximum atomic E-state index is 10.8. The average Bonchev–Trinajstić information content (AvgIpc) is 2.33. The molecular formula is C7H10N2O. The Balaban J connectivity index is 3.01. The molecule has 1 heterocycles. The third-order valence-electron chi connectivity index (χ3n) is 1.38. The van der Waals surface area contributed by atoms with E-state index in [2.05, 4.69) is 10.3 Å². The first-order valence-corrected chi connectivity index (χ1v) is 3.11. The predicted octanol–water partition coefficient (Wildman–Crippen LogP) is 1.26. The van der Waals surface area contributed by atoms with Gasteiger partial charge in [0.15, 0.2) is 5.78 Å². The Morgan fingerprint density at radius 3 is 2.80 bits per heavy atom. The van der Waals surface area contributed by atoms with Crippen molar-refractivity contribution in [2.45, 2.75) is 6.92 Å². The number of aromatic amines is 1. The van der Waals surface area contributed by atoms with Crippen molar-refractivity contribution in [1.29, 1.82) is 0 Å². The molecule has 10 heavy (non-hydrogen) atoms. The van der Waals surface area contributed by atoms with Crippen LogP contribution in [0, 0.1) is 0 Å². The first kappa shape index (κ1) is 6.86. The zero-order valence-corrected chi connectivity index (χ0v) is 6.06. The summed E-state index contributed by atoms with van der Waals surface area (Å²) in [4.78, 5) is 13.7. The lowest BCUT2D eigenvalue weighted by molar-refractivity contribution is 0.101. The molecule has 0 unspecified atom stereocenters. The van der Waals surface area contributed by atoms with Crippen molar-refractivity contribution in [2.24, 2.45) is 0 Å². The van der Waals surface area contributed by atoms with Crippen LogP contribution < -0.4 is 5.32 Å². The highest BCUT2D eigenvalue weighted by molar-refractivity contribution is 5.98. The molecule has 0 fully saturated rings. The van der Waals surface area contributed by atoms with Gasteiger partial charge in [-0.1, -0.05) is 0 Å². The fourth-order valence-electron chi connectivity index (χ4n) is 0.870. The van der Waals surface area contributed by atoms with Gasteiger partial charge in [0.25, 0.3) is 0 Å². The topological polar surface area (TPSA) is 44.9 Å². The van der Waals surface area contributed by atoms with Crippen LogP contribution in [-0.4, -0.2) is 17.8 Å². The molecule has 1 aromatic rings. The minimum Gasteiger partial charge on any atom is -0.374 e. The number of H-pyrrole nitrogens is 1. The summed E-state index contributed by atoms with van der Waals surface area (Å²) in [6.45, 7) is 1.55. The summed E-state index contributed by atoms with van der Waals surface area (Å²) in [5, 5.41) is 2.88. The van der Waals surface area contributed by atoms with Crippen molar-refractivity contribution < 1.29 is 4.79 Å². The summed E-state index contributed by atoms with van der Waals surface area (Å²) in [5.74, 6) is 0.859. The van der Waals surface area contributed by atoms with Gasteiger partial charge in [0.2, 0.25) is 0 Å². The Labute approximate surface area is 59.4 Å². The highest BCUT2D eigenvalue weighted by atomic mass is 16.1. The van der Waals surface area contributed by atoms with Crippen molar-refractivity contribution in [3.05, 3.63) is 17.8 Å². The van der Waals surface area contributed by atoms with Crippen LogP contribution >= 0.6 is 0 Å². The van der Waals surface area contributed by atoms with Crippen LogP contribution in [0.3, 0.4) is 0 Å². The van der Waals surface area contributed by atoms with Crippen molar-refractivity contribution in [2.75, 3.05) is 12.4 Å². The molecule has 0 aliphatic heterocycles. The number of carbonyl (C=O) groups is 1. The Hall–Kier alpha value is -1.25. The monoisotopic (exact) mass is 138 g/mol. The fourth-order valence-corrected chi connectivity index (χ4v) is 0.870. The first-order valence-electron chi connectivity index (χ1n) is 3.11. The lowest BCUT2D eigenvalue weighted by atomic mass is 10.2. The average molecular weight is 138 g/mol. The maximum Gasteiger partial charge on any atom is 0.163 e. The van der Waals surface area contributed by atoms with Gasteiger partial charge >= 0.3 is 0 Å². The number of anilines is 1. The molecule has 1 rings (SSSR count). The molecule has 0 amide bonds. The predicted molar refractivity (Wildman–Crippen MR) is 40.3 cm³/mol. The minimum absolute atomic E-state index is 0.0746. The van der Waals surface area contributed by atoms with Crippen molar-refractivity contribution in [1.82, 2.24) is 4.98 Å². The van der Waals surface area contributed by atoms with Crippen LogP contribution in [0.4, 0.5) is 5.82 Å². The van der Waals surface area contributed by atoms with Crippen LogP contribution in [0.15, 0.2) is 12.3 Å². The van der Waals surface area contributed by atoms with Gasteiger partial charge < -0.3 is 10.3 Å². The lowest BCUT2D eigenvalue weighted by Gasteiger charge is -1.96. The van der Waals surface area contributed by atoms with Gasteiger partial charge in [-0.05, 0) is 13.0 Å². The smallest absolute Gasteiger partial charge is 0.163 e. The molecule has 0 bridgehead atoms. The molecule has 0 saturated carbocycles. The molecule has 2 N–H and O–H groups in total. The van der Waals surface area contributed by atoms with E-state index in [9.17, 15) is 4.79 Å². The summed E-state index contributed by atoms with van der Waals surface area (Å²) in [6.07, 6.45) is 1.74. The zero-order valence-electron chi connectivity index (χ0n) is 6.06. The van der Waals surface area contributed by atoms with E-state index < -0.39 is 0 Å². The van der Waals surface area contributed by atoms with E-state index >= 15 is 0 Å². The summed E-state index contributed by atoms with van der Waals surface area (Å²) < 4.78 is 0. The Kier molecular flexibility index (Phi) is 1.76. The number of carbonyl (C=O) groups excluding carboxylic acids is 1. The molecule has 0 atom stereocenters. The fraction of sp³-hybridized carbons (Fsp3) is 0.286. The van der Waals surface area contributed by atoms with E-state index in [1.54, 1.807) is 26.2 Å². The largest absolute Gasteiger partial charge is 0.374 e. The van der Waals surface area contributed by atoms with Gasteiger partial charge in [0, 0.05) is 13.2 Å². The van der Waals surface area contributed by atoms with E-state index in [1.165, 1.54) is 0 Å². The molecule has 0 aliphatic rings. The highest BCUT2D eigenvalue weighted by Crippen LogP contribution is 2.11. The molecule has 54 valence electrons. The van der Waals surface area contributed by atoms with Crippen LogP contribution in [0.2, 0.25) is 0 Å². The first-order chi connectivity index (χ1) is 4.75. The minimum atomic E-state index is 0.0746. The third-order valence-corrected chi connectivity index (χ3v) is 1.38. The van der Waals surface area contributed by atoms with E-state index in [4.69, 9.17) is 0 Å². The second kappa shape index (κ2) is 2.56. The van der Waals surface area contributed by atoms with Gasteiger partial charge in [-0.25, -0.2) is 0 Å². The van der Waals surface area contributed by atoms with E-state index in [0.29, 0.717) is 5.56 Å². The van der Waals surface area contributed by atoms with Crippen LogP contribution in [0.5, 0.6) is 0 Å². The number of aromatic nitrogens is 1. The van der Waals surface area contributed by atoms with Crippen LogP contribution in [0.25, 0.3) is 0 Å². The normalized spacial score (nSPS) is 9.40. The number of rotatable bonds is 2. The van der Waals surface area contributed by atoms with E-state index in [-0.39, 0.29) is 5.78 Å². The third kappa shape index (κ3) is 1.03. The molecular weight excluding hydrogens is 128 g/mol. The number of hydrogen-bond donors (Lipinski definition) is 2. The SMILES string of the molecule is CNc1[nH]ccc1C(C)=O. The lowest BCUT2D eigenvalue weighted by Crippen LogP contribution is -1.96. The molecule has 1 aromatic heterocycles. The second-order valence-corrected chi connectivity index (χ2v) is 2.07. The number of hydrogen-bond acceptors (Lipinski definition) is 2. The van der Waals surface area contributed by atoms with Crippen molar-refractivity contribution >= 4 is 11.6 Å². The number of ketones is 1. The Morgan fingerprint density at radius 2 is 2.40 bits per heavy atom. The molecule has 0 saturated heterocycles. The van der Waals surface area contributed by atoms with Gasteiger partial charge in [-0.15, -0.1) is 0 Å². The molecule has 0 aliphatic carbocycles. The van der Waals surface area contributed by atoms with Crippen molar-refractivity contribution in [3.8, 4) is 0 Å².